The van der Waals surface area contributed by atoms with Crippen molar-refractivity contribution in [3.05, 3.63) is 6.33 Å². The Morgan fingerprint density at radius 2 is 2.07 bits per heavy atom. The van der Waals surface area contributed by atoms with E-state index < -0.39 is 10.1 Å². The number of fused-ring (bicyclic) bond motifs is 3. The molecule has 30 heavy (non-hydrogen) atoms. The standard InChI is InChI=1S/C19H30N6O4S/c1-11(2)24(3)19-23-16-17(20-10-21-18(16)25(19)4)22-14-8-13-7-12(14)9-15(13)29-5-6-30(26,27)28/h10-15H,5-9H2,1-4H3,(H,20,21,22)(H,26,27,28)/t12-,13-,14-,15-/m0/s1. The molecule has 0 unspecified atom stereocenters. The van der Waals surface area contributed by atoms with Gasteiger partial charge >= 0.3 is 0 Å². The third-order valence-corrected chi connectivity index (χ3v) is 7.19. The van der Waals surface area contributed by atoms with Crippen LogP contribution < -0.4 is 10.2 Å². The lowest BCUT2D eigenvalue weighted by molar-refractivity contribution is 0.0233. The first-order chi connectivity index (χ1) is 14.1. The maximum Gasteiger partial charge on any atom is 0.267 e. The van der Waals surface area contributed by atoms with Gasteiger partial charge in [0.05, 0.1) is 18.5 Å². The Balaban J connectivity index is 1.44. The highest BCUT2D eigenvalue weighted by molar-refractivity contribution is 7.85. The third-order valence-electron chi connectivity index (χ3n) is 6.51. The van der Waals surface area contributed by atoms with E-state index in [1.807, 2.05) is 18.7 Å². The summed E-state index contributed by atoms with van der Waals surface area (Å²) in [5, 5.41) is 3.59. The number of ether oxygens (including phenoxy) is 1. The number of nitrogens with one attached hydrogen (secondary N) is 1. The zero-order chi connectivity index (χ0) is 21.6. The molecule has 2 N–H and O–H groups in total. The summed E-state index contributed by atoms with van der Waals surface area (Å²) >= 11 is 0. The number of hydrogen-bond donors (Lipinski definition) is 2. The maximum absolute atomic E-state index is 10.9. The summed E-state index contributed by atoms with van der Waals surface area (Å²) in [5.74, 6) is 2.08. The molecule has 166 valence electrons. The number of imidazole rings is 1. The van der Waals surface area contributed by atoms with Crippen LogP contribution in [0.1, 0.15) is 33.1 Å². The van der Waals surface area contributed by atoms with Gasteiger partial charge in [0.25, 0.3) is 10.1 Å². The first kappa shape index (κ1) is 21.3. The molecule has 2 aromatic rings. The summed E-state index contributed by atoms with van der Waals surface area (Å²) in [6, 6.07) is 0.594. The van der Waals surface area contributed by atoms with E-state index in [1.54, 1.807) is 6.33 Å². The monoisotopic (exact) mass is 438 g/mol. The van der Waals surface area contributed by atoms with Gasteiger partial charge in [-0.1, -0.05) is 0 Å². The van der Waals surface area contributed by atoms with Gasteiger partial charge in [-0.25, -0.2) is 15.0 Å². The summed E-state index contributed by atoms with van der Waals surface area (Å²) in [7, 11) is 0.00479. The zero-order valence-corrected chi connectivity index (χ0v) is 18.6. The minimum Gasteiger partial charge on any atom is -0.377 e. The van der Waals surface area contributed by atoms with Gasteiger partial charge in [-0.05, 0) is 44.9 Å². The van der Waals surface area contributed by atoms with Crippen molar-refractivity contribution in [2.24, 2.45) is 18.9 Å². The molecule has 4 rings (SSSR count). The van der Waals surface area contributed by atoms with Crippen molar-refractivity contribution in [1.82, 2.24) is 19.5 Å². The van der Waals surface area contributed by atoms with Crippen LogP contribution in [0.25, 0.3) is 11.2 Å². The first-order valence-electron chi connectivity index (χ1n) is 10.4. The van der Waals surface area contributed by atoms with Gasteiger partial charge in [-0.15, -0.1) is 0 Å². The van der Waals surface area contributed by atoms with Crippen LogP contribution in [-0.2, 0) is 21.9 Å². The van der Waals surface area contributed by atoms with Crippen LogP contribution in [0.4, 0.5) is 11.8 Å². The summed E-state index contributed by atoms with van der Waals surface area (Å²) in [6.07, 6.45) is 4.50. The predicted octanol–water partition coefficient (Wildman–Crippen LogP) is 1.69. The molecular formula is C19H30N6O4S. The Morgan fingerprint density at radius 3 is 2.70 bits per heavy atom. The molecule has 2 saturated carbocycles. The van der Waals surface area contributed by atoms with E-state index in [9.17, 15) is 8.42 Å². The van der Waals surface area contributed by atoms with Crippen LogP contribution in [0.5, 0.6) is 0 Å². The fraction of sp³-hybridized carbons (Fsp3) is 0.737. The smallest absolute Gasteiger partial charge is 0.267 e. The van der Waals surface area contributed by atoms with Crippen molar-refractivity contribution < 1.29 is 17.7 Å². The molecule has 2 heterocycles. The van der Waals surface area contributed by atoms with Gasteiger partial charge in [0, 0.05) is 26.2 Å². The Hall–Kier alpha value is -1.98. The van der Waals surface area contributed by atoms with E-state index in [4.69, 9.17) is 14.3 Å². The quantitative estimate of drug-likeness (QED) is 0.593. The molecule has 0 saturated heterocycles. The van der Waals surface area contributed by atoms with Gasteiger partial charge in [0.1, 0.15) is 6.33 Å². The Labute approximate surface area is 176 Å². The average Bonchev–Trinajstić information content (AvgIpc) is 3.34. The normalized spacial score (nSPS) is 26.1. The Morgan fingerprint density at radius 1 is 1.30 bits per heavy atom. The number of hydrogen-bond acceptors (Lipinski definition) is 8. The number of rotatable bonds is 8. The molecule has 0 amide bonds. The van der Waals surface area contributed by atoms with Crippen LogP contribution in [0.2, 0.25) is 0 Å². The zero-order valence-electron chi connectivity index (χ0n) is 17.8. The molecule has 2 bridgehead atoms. The highest BCUT2D eigenvalue weighted by Gasteiger charge is 2.46. The van der Waals surface area contributed by atoms with Crippen molar-refractivity contribution in [3.63, 3.8) is 0 Å². The molecule has 2 fully saturated rings. The van der Waals surface area contributed by atoms with Crippen molar-refractivity contribution in [2.45, 2.75) is 51.3 Å². The molecule has 0 radical (unpaired) electrons. The van der Waals surface area contributed by atoms with E-state index in [0.29, 0.717) is 17.9 Å². The van der Waals surface area contributed by atoms with E-state index in [-0.39, 0.29) is 24.5 Å². The molecule has 2 aromatic heterocycles. The second kappa shape index (κ2) is 7.93. The van der Waals surface area contributed by atoms with Crippen LogP contribution in [-0.4, -0.2) is 70.1 Å². The molecule has 10 nitrogen and oxygen atoms in total. The van der Waals surface area contributed by atoms with Crippen molar-refractivity contribution in [2.75, 3.05) is 29.6 Å². The largest absolute Gasteiger partial charge is 0.377 e. The molecule has 11 heteroatoms. The lowest BCUT2D eigenvalue weighted by atomic mass is 9.93. The van der Waals surface area contributed by atoms with Crippen LogP contribution in [0.15, 0.2) is 6.33 Å². The minimum absolute atomic E-state index is 0.0391. The highest BCUT2D eigenvalue weighted by Crippen LogP contribution is 2.47. The van der Waals surface area contributed by atoms with Gasteiger partial charge in [0.2, 0.25) is 5.95 Å². The SMILES string of the molecule is CC(C)N(C)c1nc2c(N[C@H]3C[C@@H]4C[C@H]3C[C@@H]4OCCS(=O)(=O)O)ncnc2n1C. The first-order valence-corrected chi connectivity index (χ1v) is 12.0. The predicted molar refractivity (Wildman–Crippen MR) is 114 cm³/mol. The molecule has 0 spiro atoms. The van der Waals surface area contributed by atoms with Gasteiger partial charge < -0.3 is 15.0 Å². The lowest BCUT2D eigenvalue weighted by Crippen LogP contribution is -2.33. The van der Waals surface area contributed by atoms with E-state index >= 15 is 0 Å². The summed E-state index contributed by atoms with van der Waals surface area (Å²) in [5.41, 5.74) is 1.57. The number of anilines is 2. The lowest BCUT2D eigenvalue weighted by Gasteiger charge is -2.29. The number of aryl methyl sites for hydroxylation is 1. The minimum atomic E-state index is -3.98. The number of aromatic nitrogens is 4. The van der Waals surface area contributed by atoms with Crippen molar-refractivity contribution in [1.29, 1.82) is 0 Å². The number of nitrogens with zero attached hydrogens (tertiary/aromatic N) is 5. The van der Waals surface area contributed by atoms with Crippen molar-refractivity contribution >= 4 is 33.0 Å². The average molecular weight is 439 g/mol. The Bertz CT molecular complexity index is 1020. The third kappa shape index (κ3) is 4.10. The molecule has 4 atom stereocenters. The van der Waals surface area contributed by atoms with Crippen molar-refractivity contribution in [3.8, 4) is 0 Å². The van der Waals surface area contributed by atoms with Crippen LogP contribution in [0, 0.1) is 11.8 Å². The molecule has 2 aliphatic rings. The summed E-state index contributed by atoms with van der Waals surface area (Å²) in [6.45, 7) is 4.28. The van der Waals surface area contributed by atoms with E-state index in [2.05, 4.69) is 34.0 Å². The topological polar surface area (TPSA) is 122 Å². The fourth-order valence-electron chi connectivity index (χ4n) is 4.72. The second-order valence-electron chi connectivity index (χ2n) is 8.74. The Kier molecular flexibility index (Phi) is 5.62. The maximum atomic E-state index is 10.9. The highest BCUT2D eigenvalue weighted by atomic mass is 32.2. The van der Waals surface area contributed by atoms with Crippen LogP contribution in [0.3, 0.4) is 0 Å². The second-order valence-corrected chi connectivity index (χ2v) is 10.3. The summed E-state index contributed by atoms with van der Waals surface area (Å²) < 4.78 is 38.3. The van der Waals surface area contributed by atoms with Gasteiger partial charge in [-0.3, -0.25) is 9.12 Å². The van der Waals surface area contributed by atoms with E-state index in [1.165, 1.54) is 0 Å². The van der Waals surface area contributed by atoms with Gasteiger partial charge in [-0.2, -0.15) is 8.42 Å². The molecule has 0 aliphatic heterocycles. The molecule has 0 aromatic carbocycles. The van der Waals surface area contributed by atoms with Gasteiger partial charge in [0.15, 0.2) is 17.0 Å². The fourth-order valence-corrected chi connectivity index (χ4v) is 5.03. The van der Waals surface area contributed by atoms with Crippen LogP contribution >= 0.6 is 0 Å². The molecule has 2 aliphatic carbocycles. The van der Waals surface area contributed by atoms with E-state index in [0.717, 1.165) is 42.2 Å². The molecular weight excluding hydrogens is 408 g/mol. The summed E-state index contributed by atoms with van der Waals surface area (Å²) in [4.78, 5) is 15.8.